The van der Waals surface area contributed by atoms with Crippen LogP contribution in [-0.2, 0) is 15.3 Å². The van der Waals surface area contributed by atoms with Crippen LogP contribution in [0.25, 0.3) is 0 Å². The van der Waals surface area contributed by atoms with Gasteiger partial charge < -0.3 is 10.6 Å². The van der Waals surface area contributed by atoms with Gasteiger partial charge in [0.1, 0.15) is 0 Å². The number of hydrogen-bond donors (Lipinski definition) is 2. The molecule has 2 N–H and O–H groups in total. The van der Waals surface area contributed by atoms with Gasteiger partial charge in [-0.15, -0.1) is 11.8 Å². The third-order valence-electron chi connectivity index (χ3n) is 2.92. The maximum Gasteiger partial charge on any atom is 0.234 e. The lowest BCUT2D eigenvalue weighted by Gasteiger charge is -2.08. The van der Waals surface area contributed by atoms with Crippen LogP contribution in [0.5, 0.6) is 0 Å². The maximum absolute atomic E-state index is 12.0. The molecular formula is C17H17ClN2O2S. The average molecular weight is 349 g/mol. The minimum Gasteiger partial charge on any atom is -0.326 e. The molecule has 0 aliphatic carbocycles. The molecular weight excluding hydrogens is 332 g/mol. The summed E-state index contributed by atoms with van der Waals surface area (Å²) < 4.78 is 0. The second-order valence-corrected chi connectivity index (χ2v) is 6.29. The molecule has 6 heteroatoms. The summed E-state index contributed by atoms with van der Waals surface area (Å²) in [4.78, 5) is 23.0. The number of carbonyl (C=O) groups is 2. The predicted octanol–water partition coefficient (Wildman–Crippen LogP) is 4.17. The van der Waals surface area contributed by atoms with Crippen molar-refractivity contribution >= 4 is 46.6 Å². The SMILES string of the molecule is CC(=O)Nc1cccc(NC(=O)CSCc2ccccc2Cl)c1. The lowest BCUT2D eigenvalue weighted by Crippen LogP contribution is -2.14. The van der Waals surface area contributed by atoms with Crippen molar-refractivity contribution < 1.29 is 9.59 Å². The third-order valence-corrected chi connectivity index (χ3v) is 4.27. The summed E-state index contributed by atoms with van der Waals surface area (Å²) in [5, 5.41) is 6.20. The molecule has 0 bridgehead atoms. The Morgan fingerprint density at radius 2 is 1.74 bits per heavy atom. The summed E-state index contributed by atoms with van der Waals surface area (Å²) in [5.41, 5.74) is 2.32. The molecule has 0 aromatic heterocycles. The predicted molar refractivity (Wildman–Crippen MR) is 97.0 cm³/mol. The van der Waals surface area contributed by atoms with E-state index >= 15 is 0 Å². The van der Waals surface area contributed by atoms with Crippen LogP contribution in [0.2, 0.25) is 5.02 Å². The molecule has 0 fully saturated rings. The molecule has 0 spiro atoms. The minimum absolute atomic E-state index is 0.0953. The highest BCUT2D eigenvalue weighted by molar-refractivity contribution is 7.99. The molecule has 0 radical (unpaired) electrons. The molecule has 2 aromatic carbocycles. The van der Waals surface area contributed by atoms with E-state index in [1.54, 1.807) is 24.3 Å². The minimum atomic E-state index is -0.149. The van der Waals surface area contributed by atoms with Crippen molar-refractivity contribution in [3.05, 3.63) is 59.1 Å². The number of hydrogen-bond acceptors (Lipinski definition) is 3. The summed E-state index contributed by atoms with van der Waals surface area (Å²) in [6, 6.07) is 14.6. The van der Waals surface area contributed by atoms with Crippen molar-refractivity contribution in [3.8, 4) is 0 Å². The van der Waals surface area contributed by atoms with Crippen LogP contribution in [0.3, 0.4) is 0 Å². The number of benzene rings is 2. The van der Waals surface area contributed by atoms with E-state index in [-0.39, 0.29) is 11.8 Å². The number of anilines is 2. The summed E-state index contributed by atoms with van der Waals surface area (Å²) in [6.07, 6.45) is 0. The van der Waals surface area contributed by atoms with Gasteiger partial charge in [-0.25, -0.2) is 0 Å². The van der Waals surface area contributed by atoms with Crippen molar-refractivity contribution in [1.82, 2.24) is 0 Å². The van der Waals surface area contributed by atoms with E-state index in [2.05, 4.69) is 10.6 Å². The fourth-order valence-corrected chi connectivity index (χ4v) is 3.06. The van der Waals surface area contributed by atoms with Crippen LogP contribution in [0, 0.1) is 0 Å². The first-order valence-electron chi connectivity index (χ1n) is 7.03. The Balaban J connectivity index is 1.83. The number of halogens is 1. The third kappa shape index (κ3) is 5.96. The lowest BCUT2D eigenvalue weighted by atomic mass is 10.2. The molecule has 23 heavy (non-hydrogen) atoms. The number of nitrogens with one attached hydrogen (secondary N) is 2. The maximum atomic E-state index is 12.0. The number of carbonyl (C=O) groups excluding carboxylic acids is 2. The highest BCUT2D eigenvalue weighted by Crippen LogP contribution is 2.21. The van der Waals surface area contributed by atoms with Gasteiger partial charge in [-0.05, 0) is 29.8 Å². The van der Waals surface area contributed by atoms with Gasteiger partial charge in [0.2, 0.25) is 11.8 Å². The van der Waals surface area contributed by atoms with Crippen molar-refractivity contribution in [2.75, 3.05) is 16.4 Å². The Hall–Kier alpha value is -1.98. The first-order chi connectivity index (χ1) is 11.0. The van der Waals surface area contributed by atoms with Gasteiger partial charge in [-0.2, -0.15) is 0 Å². The van der Waals surface area contributed by atoms with Crippen LogP contribution < -0.4 is 10.6 Å². The van der Waals surface area contributed by atoms with E-state index in [0.29, 0.717) is 27.9 Å². The van der Waals surface area contributed by atoms with Crippen molar-refractivity contribution in [1.29, 1.82) is 0 Å². The highest BCUT2D eigenvalue weighted by Gasteiger charge is 2.05. The molecule has 0 aliphatic rings. The standard InChI is InChI=1S/C17H17ClN2O2S/c1-12(21)19-14-6-4-7-15(9-14)20-17(22)11-23-10-13-5-2-3-8-16(13)18/h2-9H,10-11H2,1H3,(H,19,21)(H,20,22). The van der Waals surface area contributed by atoms with Crippen LogP contribution in [-0.4, -0.2) is 17.6 Å². The molecule has 2 aromatic rings. The zero-order chi connectivity index (χ0) is 16.7. The molecule has 0 saturated carbocycles. The van der Waals surface area contributed by atoms with Crippen molar-refractivity contribution in [2.24, 2.45) is 0 Å². The van der Waals surface area contributed by atoms with Gasteiger partial charge in [-0.1, -0.05) is 35.9 Å². The van der Waals surface area contributed by atoms with Gasteiger partial charge in [-0.3, -0.25) is 9.59 Å². The van der Waals surface area contributed by atoms with Crippen LogP contribution >= 0.6 is 23.4 Å². The first kappa shape index (κ1) is 17.4. The quantitative estimate of drug-likeness (QED) is 0.823. The summed E-state index contributed by atoms with van der Waals surface area (Å²) >= 11 is 7.58. The molecule has 120 valence electrons. The zero-order valence-corrected chi connectivity index (χ0v) is 14.2. The fourth-order valence-electron chi connectivity index (χ4n) is 1.94. The average Bonchev–Trinajstić information content (AvgIpc) is 2.49. The number of thioether (sulfide) groups is 1. The zero-order valence-electron chi connectivity index (χ0n) is 12.6. The number of amides is 2. The number of rotatable bonds is 6. The second-order valence-electron chi connectivity index (χ2n) is 4.89. The Kier molecular flexibility index (Phi) is 6.50. The first-order valence-corrected chi connectivity index (χ1v) is 8.56. The molecule has 0 saturated heterocycles. The van der Waals surface area contributed by atoms with E-state index in [0.717, 1.165) is 5.56 Å². The topological polar surface area (TPSA) is 58.2 Å². The van der Waals surface area contributed by atoms with Crippen molar-refractivity contribution in [2.45, 2.75) is 12.7 Å². The van der Waals surface area contributed by atoms with Crippen LogP contribution in [0.15, 0.2) is 48.5 Å². The fraction of sp³-hybridized carbons (Fsp3) is 0.176. The summed E-state index contributed by atoms with van der Waals surface area (Å²) in [5.74, 6) is 0.764. The lowest BCUT2D eigenvalue weighted by molar-refractivity contribution is -0.114. The molecule has 2 amide bonds. The summed E-state index contributed by atoms with van der Waals surface area (Å²) in [7, 11) is 0. The highest BCUT2D eigenvalue weighted by atomic mass is 35.5. The normalized spacial score (nSPS) is 10.2. The molecule has 0 atom stereocenters. The molecule has 0 aliphatic heterocycles. The van der Waals surface area contributed by atoms with Gasteiger partial charge in [0.15, 0.2) is 0 Å². The van der Waals surface area contributed by atoms with E-state index in [1.165, 1.54) is 18.7 Å². The van der Waals surface area contributed by atoms with Gasteiger partial charge in [0.25, 0.3) is 0 Å². The van der Waals surface area contributed by atoms with Crippen LogP contribution in [0.4, 0.5) is 11.4 Å². The Bertz CT molecular complexity index is 706. The van der Waals surface area contributed by atoms with Gasteiger partial charge in [0.05, 0.1) is 5.75 Å². The largest absolute Gasteiger partial charge is 0.326 e. The van der Waals surface area contributed by atoms with E-state index in [1.807, 2.05) is 24.3 Å². The van der Waals surface area contributed by atoms with Gasteiger partial charge in [0, 0.05) is 29.1 Å². The van der Waals surface area contributed by atoms with E-state index in [9.17, 15) is 9.59 Å². The second kappa shape index (κ2) is 8.60. The molecule has 0 heterocycles. The van der Waals surface area contributed by atoms with Crippen molar-refractivity contribution in [3.63, 3.8) is 0 Å². The smallest absolute Gasteiger partial charge is 0.234 e. The summed E-state index contributed by atoms with van der Waals surface area (Å²) in [6.45, 7) is 1.44. The monoisotopic (exact) mass is 348 g/mol. The Morgan fingerprint density at radius 1 is 1.04 bits per heavy atom. The Morgan fingerprint density at radius 3 is 2.43 bits per heavy atom. The van der Waals surface area contributed by atoms with Crippen LogP contribution in [0.1, 0.15) is 12.5 Å². The molecule has 4 nitrogen and oxygen atoms in total. The molecule has 2 rings (SSSR count). The molecule has 0 unspecified atom stereocenters. The van der Waals surface area contributed by atoms with Gasteiger partial charge >= 0.3 is 0 Å². The van der Waals surface area contributed by atoms with E-state index < -0.39 is 0 Å². The van der Waals surface area contributed by atoms with E-state index in [4.69, 9.17) is 11.6 Å². The Labute approximate surface area is 144 Å².